The second kappa shape index (κ2) is 11.0. The summed E-state index contributed by atoms with van der Waals surface area (Å²) in [6.45, 7) is 11.1. The molecular formula is C26H33N3O7S4. The number of methoxy groups -OCH3 is 1. The van der Waals surface area contributed by atoms with Crippen LogP contribution in [-0.2, 0) is 24.4 Å². The number of carbonyl (C=O) groups is 2. The molecule has 4 rings (SSSR count). The number of hydrogen-bond acceptors (Lipinski definition) is 9. The minimum atomic E-state index is -3.43. The highest BCUT2D eigenvalue weighted by Crippen LogP contribution is 2.45. The number of sulfone groups is 2. The molecule has 2 aliphatic rings. The summed E-state index contributed by atoms with van der Waals surface area (Å²) >= 11 is 3.02. The number of guanidine groups is 1. The first-order valence-corrected chi connectivity index (χ1v) is 17.0. The van der Waals surface area contributed by atoms with E-state index in [0.29, 0.717) is 20.9 Å². The van der Waals surface area contributed by atoms with Gasteiger partial charge in [0.25, 0.3) is 5.91 Å². The fourth-order valence-electron chi connectivity index (χ4n) is 4.43. The van der Waals surface area contributed by atoms with Crippen LogP contribution >= 0.6 is 23.5 Å². The van der Waals surface area contributed by atoms with Crippen LogP contribution in [0.15, 0.2) is 48.8 Å². The van der Waals surface area contributed by atoms with Crippen molar-refractivity contribution in [2.75, 3.05) is 18.6 Å². The summed E-state index contributed by atoms with van der Waals surface area (Å²) in [6, 6.07) is 6.27. The van der Waals surface area contributed by atoms with Gasteiger partial charge in [0.2, 0.25) is 0 Å². The van der Waals surface area contributed by atoms with Gasteiger partial charge in [-0.1, -0.05) is 0 Å². The molecule has 0 aliphatic carbocycles. The van der Waals surface area contributed by atoms with Crippen LogP contribution in [0.5, 0.6) is 0 Å². The summed E-state index contributed by atoms with van der Waals surface area (Å²) in [7, 11) is -5.51. The molecule has 14 heteroatoms. The average molecular weight is 628 g/mol. The van der Waals surface area contributed by atoms with Crippen molar-refractivity contribution in [1.82, 2.24) is 0 Å². The van der Waals surface area contributed by atoms with Crippen molar-refractivity contribution in [3.05, 3.63) is 46.5 Å². The number of rotatable bonds is 2. The van der Waals surface area contributed by atoms with Gasteiger partial charge in [-0.05, 0) is 76.9 Å². The highest BCUT2D eigenvalue weighted by atomic mass is 32.2. The van der Waals surface area contributed by atoms with E-state index in [2.05, 4.69) is 9.73 Å². The summed E-state index contributed by atoms with van der Waals surface area (Å²) in [4.78, 5) is 28.8. The molecule has 0 fully saturated rings. The van der Waals surface area contributed by atoms with Crippen LogP contribution in [0, 0.1) is 13.8 Å². The molecule has 1 amide bonds. The Morgan fingerprint density at radius 3 is 1.60 bits per heavy atom. The fraction of sp³-hybridized carbons (Fsp3) is 0.423. The molecule has 0 aromatic heterocycles. The SMILES string of the molecule is COC(=O)c1cc2c(cc1C)SC(C)(C)CS2(=O)=O.Cc1cc2c(cc1C(=O)N=C(N)N)S(=O)(=O)CC(C)(C)S2. The highest BCUT2D eigenvalue weighted by molar-refractivity contribution is 8.04. The Balaban J connectivity index is 0.000000222. The number of fused-ring (bicyclic) bond motifs is 2. The first-order chi connectivity index (χ1) is 18.2. The normalized spacial score (nSPS) is 19.1. The number of ether oxygens (including phenoxy) is 1. The summed E-state index contributed by atoms with van der Waals surface area (Å²) in [6.07, 6.45) is 0. The molecule has 2 aliphatic heterocycles. The van der Waals surface area contributed by atoms with Gasteiger partial charge in [-0.15, -0.1) is 23.5 Å². The smallest absolute Gasteiger partial charge is 0.338 e. The molecule has 0 unspecified atom stereocenters. The molecule has 4 N–H and O–H groups in total. The number of carbonyl (C=O) groups excluding carboxylic acids is 2. The number of aryl methyl sites for hydroxylation is 2. The van der Waals surface area contributed by atoms with Gasteiger partial charge in [-0.25, -0.2) is 21.6 Å². The minimum Gasteiger partial charge on any atom is -0.465 e. The van der Waals surface area contributed by atoms with Crippen molar-refractivity contribution in [3.8, 4) is 0 Å². The van der Waals surface area contributed by atoms with Crippen molar-refractivity contribution >= 4 is 61.0 Å². The lowest BCUT2D eigenvalue weighted by Crippen LogP contribution is -2.31. The first-order valence-electron chi connectivity index (χ1n) is 12.0. The minimum absolute atomic E-state index is 0.0245. The van der Waals surface area contributed by atoms with E-state index in [4.69, 9.17) is 11.5 Å². The van der Waals surface area contributed by atoms with E-state index in [9.17, 15) is 26.4 Å². The van der Waals surface area contributed by atoms with Gasteiger partial charge in [0.15, 0.2) is 25.6 Å². The number of nitrogens with two attached hydrogens (primary N) is 2. The Kier molecular flexibility index (Phi) is 8.81. The number of thioether (sulfide) groups is 2. The molecule has 0 radical (unpaired) electrons. The molecule has 218 valence electrons. The molecule has 0 saturated heterocycles. The van der Waals surface area contributed by atoms with E-state index in [0.717, 1.165) is 5.56 Å². The molecule has 0 saturated carbocycles. The molecule has 2 heterocycles. The fourth-order valence-corrected chi connectivity index (χ4v) is 12.3. The van der Waals surface area contributed by atoms with E-state index in [1.165, 1.54) is 42.8 Å². The quantitative estimate of drug-likeness (QED) is 0.283. The summed E-state index contributed by atoms with van der Waals surface area (Å²) < 4.78 is 53.3. The zero-order valence-corrected chi connectivity index (χ0v) is 26.6. The van der Waals surface area contributed by atoms with Gasteiger partial charge in [-0.2, -0.15) is 4.99 Å². The van der Waals surface area contributed by atoms with Crippen LogP contribution in [0.2, 0.25) is 0 Å². The second-order valence-corrected chi connectivity index (χ2v) is 18.2. The number of benzene rings is 2. The van der Waals surface area contributed by atoms with E-state index in [1.54, 1.807) is 26.0 Å². The van der Waals surface area contributed by atoms with Crippen molar-refractivity contribution in [3.63, 3.8) is 0 Å². The van der Waals surface area contributed by atoms with Gasteiger partial charge >= 0.3 is 5.97 Å². The van der Waals surface area contributed by atoms with Gasteiger partial charge in [0.1, 0.15) is 0 Å². The number of nitrogens with zero attached hydrogens (tertiary/aromatic N) is 1. The Bertz CT molecular complexity index is 1640. The number of aliphatic imine (C=N–C) groups is 1. The van der Waals surface area contributed by atoms with Crippen LogP contribution in [-0.4, -0.2) is 62.8 Å². The average Bonchev–Trinajstić information content (AvgIpc) is 2.74. The molecule has 10 nitrogen and oxygen atoms in total. The number of esters is 1. The van der Waals surface area contributed by atoms with E-state index < -0.39 is 36.3 Å². The number of amides is 1. The lowest BCUT2D eigenvalue weighted by atomic mass is 10.1. The Hall–Kier alpha value is -2.55. The van der Waals surface area contributed by atoms with Crippen molar-refractivity contribution in [2.24, 2.45) is 16.5 Å². The molecule has 2 aromatic carbocycles. The predicted molar refractivity (Wildman–Crippen MR) is 158 cm³/mol. The molecule has 2 aromatic rings. The topological polar surface area (TPSA) is 176 Å². The van der Waals surface area contributed by atoms with Crippen LogP contribution in [0.4, 0.5) is 0 Å². The molecular weight excluding hydrogens is 595 g/mol. The maximum Gasteiger partial charge on any atom is 0.338 e. The van der Waals surface area contributed by atoms with E-state index in [-0.39, 0.29) is 37.6 Å². The van der Waals surface area contributed by atoms with Gasteiger partial charge < -0.3 is 16.2 Å². The van der Waals surface area contributed by atoms with E-state index >= 15 is 0 Å². The van der Waals surface area contributed by atoms with Crippen LogP contribution in [0.1, 0.15) is 59.5 Å². The lowest BCUT2D eigenvalue weighted by Gasteiger charge is -2.30. The maximum absolute atomic E-state index is 12.4. The van der Waals surface area contributed by atoms with Gasteiger partial charge in [0.05, 0.1) is 34.0 Å². The van der Waals surface area contributed by atoms with E-state index in [1.807, 2.05) is 27.7 Å². The largest absolute Gasteiger partial charge is 0.465 e. The van der Waals surface area contributed by atoms with Crippen LogP contribution in [0.3, 0.4) is 0 Å². The first kappa shape index (κ1) is 32.0. The third-order valence-electron chi connectivity index (χ3n) is 5.97. The number of hydrogen-bond donors (Lipinski definition) is 2. The van der Waals surface area contributed by atoms with Crippen molar-refractivity contribution < 1.29 is 31.2 Å². The second-order valence-electron chi connectivity index (χ2n) is 10.8. The Morgan fingerprint density at radius 2 is 1.20 bits per heavy atom. The van der Waals surface area contributed by atoms with Gasteiger partial charge in [0, 0.05) is 24.8 Å². The van der Waals surface area contributed by atoms with Gasteiger partial charge in [-0.3, -0.25) is 4.79 Å². The lowest BCUT2D eigenvalue weighted by molar-refractivity contribution is 0.0599. The van der Waals surface area contributed by atoms with Crippen molar-refractivity contribution in [1.29, 1.82) is 0 Å². The molecule has 40 heavy (non-hydrogen) atoms. The van der Waals surface area contributed by atoms with Crippen LogP contribution in [0.25, 0.3) is 0 Å². The molecule has 0 spiro atoms. The predicted octanol–water partition coefficient (Wildman–Crippen LogP) is 3.51. The highest BCUT2D eigenvalue weighted by Gasteiger charge is 2.38. The maximum atomic E-state index is 12.4. The van der Waals surface area contributed by atoms with Crippen molar-refractivity contribution in [2.45, 2.75) is 70.6 Å². The zero-order chi connectivity index (χ0) is 30.4. The standard InChI is InChI=1S/C13H17N3O3S2.C13H16O4S2/c1-7-4-9-10(5-8(7)11(17)16-12(14)15)21(18,19)6-13(2,3)20-9;1-8-5-10-11(6-9(8)12(14)17-4)19(15,16)7-13(2,3)18-10/h4-5H,6H2,1-3H3,(H4,14,15,16,17);5-6H,7H2,1-4H3. The monoisotopic (exact) mass is 627 g/mol. The Morgan fingerprint density at radius 1 is 0.800 bits per heavy atom. The third-order valence-corrected chi connectivity index (χ3v) is 13.3. The third kappa shape index (κ3) is 7.01. The Labute approximate surface area is 243 Å². The summed E-state index contributed by atoms with van der Waals surface area (Å²) in [5.41, 5.74) is 12.3. The van der Waals surface area contributed by atoms with Crippen LogP contribution < -0.4 is 11.5 Å². The summed E-state index contributed by atoms with van der Waals surface area (Å²) in [5, 5.41) is 0. The molecule has 0 bridgehead atoms. The zero-order valence-electron chi connectivity index (χ0n) is 23.3. The summed E-state index contributed by atoms with van der Waals surface area (Å²) in [5.74, 6) is -1.40. The molecule has 0 atom stereocenters.